The van der Waals surface area contributed by atoms with Gasteiger partial charge in [0.15, 0.2) is 0 Å². The van der Waals surface area contributed by atoms with E-state index in [1.54, 1.807) is 0 Å². The van der Waals surface area contributed by atoms with Crippen LogP contribution >= 0.6 is 10.7 Å². The maximum Gasteiger partial charge on any atom is 0.267 e. The molecule has 3 rings (SSSR count). The molecule has 0 unspecified atom stereocenters. The van der Waals surface area contributed by atoms with Crippen molar-refractivity contribution < 1.29 is 13.2 Å². The zero-order valence-electron chi connectivity index (χ0n) is 10.9. The van der Waals surface area contributed by atoms with Crippen LogP contribution in [0.2, 0.25) is 0 Å². The fourth-order valence-corrected chi connectivity index (χ4v) is 3.44. The van der Waals surface area contributed by atoms with E-state index in [9.17, 15) is 13.2 Å². The van der Waals surface area contributed by atoms with Gasteiger partial charge >= 0.3 is 0 Å². The zero-order chi connectivity index (χ0) is 14.3. The molecule has 20 heavy (non-hydrogen) atoms. The van der Waals surface area contributed by atoms with Gasteiger partial charge in [0.2, 0.25) is 0 Å². The highest BCUT2D eigenvalue weighted by atomic mass is 35.7. The lowest BCUT2D eigenvalue weighted by atomic mass is 9.98. The van der Waals surface area contributed by atoms with Crippen molar-refractivity contribution in [3.05, 3.63) is 18.0 Å². The summed E-state index contributed by atoms with van der Waals surface area (Å²) in [6, 6.07) is 1.26. The van der Waals surface area contributed by atoms with Crippen LogP contribution in [0.1, 0.15) is 36.2 Å². The molecule has 0 atom stereocenters. The quantitative estimate of drug-likeness (QED) is 0.789. The van der Waals surface area contributed by atoms with E-state index in [0.29, 0.717) is 12.5 Å². The lowest BCUT2D eigenvalue weighted by Gasteiger charge is -2.15. The van der Waals surface area contributed by atoms with Gasteiger partial charge in [0.05, 0.1) is 0 Å². The molecular formula is C13H17ClN2O3S. The van der Waals surface area contributed by atoms with Crippen LogP contribution < -0.4 is 5.32 Å². The summed E-state index contributed by atoms with van der Waals surface area (Å²) in [5.74, 6) is 1.85. The summed E-state index contributed by atoms with van der Waals surface area (Å²) in [6.45, 7) is 0.677. The summed E-state index contributed by atoms with van der Waals surface area (Å²) < 4.78 is 22.3. The smallest absolute Gasteiger partial charge is 0.267 e. The number of nitrogens with one attached hydrogen (secondary N) is 2. The van der Waals surface area contributed by atoms with Gasteiger partial charge in [-0.2, -0.15) is 0 Å². The van der Waals surface area contributed by atoms with E-state index >= 15 is 0 Å². The first-order valence-corrected chi connectivity index (χ1v) is 9.17. The zero-order valence-corrected chi connectivity index (χ0v) is 12.5. The van der Waals surface area contributed by atoms with Gasteiger partial charge in [-0.05, 0) is 49.5 Å². The van der Waals surface area contributed by atoms with Crippen LogP contribution in [0.3, 0.4) is 0 Å². The van der Waals surface area contributed by atoms with Gasteiger partial charge in [-0.1, -0.05) is 0 Å². The highest BCUT2D eigenvalue weighted by Crippen LogP contribution is 2.48. The molecule has 2 saturated carbocycles. The number of hydrogen-bond acceptors (Lipinski definition) is 3. The van der Waals surface area contributed by atoms with Crippen molar-refractivity contribution >= 4 is 25.6 Å². The number of aromatic amines is 1. The highest BCUT2D eigenvalue weighted by Gasteiger charge is 2.41. The summed E-state index contributed by atoms with van der Waals surface area (Å²) in [6.07, 6.45) is 6.32. The Morgan fingerprint density at radius 1 is 1.35 bits per heavy atom. The molecule has 2 fully saturated rings. The number of carbonyl (C=O) groups excluding carboxylic acids is 1. The maximum atomic E-state index is 12.0. The number of hydrogen-bond donors (Lipinski definition) is 2. The first-order chi connectivity index (χ1) is 9.45. The highest BCUT2D eigenvalue weighted by molar-refractivity contribution is 8.13. The molecule has 0 aromatic carbocycles. The van der Waals surface area contributed by atoms with Crippen molar-refractivity contribution in [3.8, 4) is 0 Å². The molecule has 2 aliphatic rings. The fraction of sp³-hybridized carbons (Fsp3) is 0.615. The summed E-state index contributed by atoms with van der Waals surface area (Å²) >= 11 is 0. The first-order valence-electron chi connectivity index (χ1n) is 6.86. The Balaban J connectivity index is 1.60. The van der Waals surface area contributed by atoms with Crippen molar-refractivity contribution in [2.75, 3.05) is 6.54 Å². The second-order valence-corrected chi connectivity index (χ2v) is 8.30. The normalized spacial score (nSPS) is 19.3. The van der Waals surface area contributed by atoms with Crippen molar-refractivity contribution in [1.29, 1.82) is 0 Å². The van der Waals surface area contributed by atoms with E-state index in [0.717, 1.165) is 11.8 Å². The van der Waals surface area contributed by atoms with Crippen molar-refractivity contribution in [2.24, 2.45) is 17.8 Å². The van der Waals surface area contributed by atoms with Crippen LogP contribution in [0.25, 0.3) is 0 Å². The van der Waals surface area contributed by atoms with Gasteiger partial charge in [0.25, 0.3) is 15.0 Å². The van der Waals surface area contributed by atoms with Crippen LogP contribution in [-0.2, 0) is 9.05 Å². The Bertz CT molecular complexity index is 605. The Morgan fingerprint density at radius 2 is 1.95 bits per heavy atom. The van der Waals surface area contributed by atoms with E-state index in [1.807, 2.05) is 0 Å². The molecule has 7 heteroatoms. The van der Waals surface area contributed by atoms with Gasteiger partial charge in [-0.15, -0.1) is 0 Å². The second kappa shape index (κ2) is 5.07. The van der Waals surface area contributed by atoms with Crippen LogP contribution in [0.4, 0.5) is 0 Å². The summed E-state index contributed by atoms with van der Waals surface area (Å²) in [7, 11) is 1.43. The molecule has 1 amide bonds. The molecule has 0 radical (unpaired) electrons. The number of carbonyl (C=O) groups is 1. The lowest BCUT2D eigenvalue weighted by molar-refractivity contribution is 0.0939. The van der Waals surface area contributed by atoms with Gasteiger partial charge < -0.3 is 10.3 Å². The molecule has 2 N–H and O–H groups in total. The van der Waals surface area contributed by atoms with Gasteiger partial charge in [0, 0.05) is 23.4 Å². The molecule has 0 saturated heterocycles. The molecule has 1 heterocycles. The number of H-pyrrole nitrogens is 1. The third-order valence-electron chi connectivity index (χ3n) is 4.14. The maximum absolute atomic E-state index is 12.0. The van der Waals surface area contributed by atoms with Crippen molar-refractivity contribution in [1.82, 2.24) is 10.3 Å². The van der Waals surface area contributed by atoms with Crippen molar-refractivity contribution in [2.45, 2.75) is 30.6 Å². The molecule has 0 bridgehead atoms. The number of halogens is 1. The molecule has 2 aliphatic carbocycles. The topological polar surface area (TPSA) is 79.0 Å². The molecular weight excluding hydrogens is 300 g/mol. The Morgan fingerprint density at radius 3 is 2.40 bits per heavy atom. The van der Waals surface area contributed by atoms with Crippen LogP contribution in [0, 0.1) is 17.8 Å². The number of rotatable bonds is 6. The lowest BCUT2D eigenvalue weighted by Crippen LogP contribution is -2.31. The minimum atomic E-state index is -3.79. The first kappa shape index (κ1) is 13.9. The van der Waals surface area contributed by atoms with Crippen LogP contribution in [0.5, 0.6) is 0 Å². The van der Waals surface area contributed by atoms with E-state index in [4.69, 9.17) is 10.7 Å². The largest absolute Gasteiger partial charge is 0.356 e. The number of aromatic nitrogens is 1. The predicted molar refractivity (Wildman–Crippen MR) is 75.1 cm³/mol. The van der Waals surface area contributed by atoms with E-state index in [-0.39, 0.29) is 16.5 Å². The number of amides is 1. The van der Waals surface area contributed by atoms with E-state index < -0.39 is 9.05 Å². The average molecular weight is 317 g/mol. The predicted octanol–water partition coefficient (Wildman–Crippen LogP) is 2.11. The van der Waals surface area contributed by atoms with Gasteiger partial charge in [-0.3, -0.25) is 4.79 Å². The van der Waals surface area contributed by atoms with E-state index in [1.165, 1.54) is 37.9 Å². The third kappa shape index (κ3) is 3.17. The summed E-state index contributed by atoms with van der Waals surface area (Å²) in [5, 5.41) is 2.90. The summed E-state index contributed by atoms with van der Waals surface area (Å²) in [5.41, 5.74) is 0.231. The Hall–Kier alpha value is -1.01. The van der Waals surface area contributed by atoms with E-state index in [2.05, 4.69) is 10.3 Å². The monoisotopic (exact) mass is 316 g/mol. The Labute approximate surface area is 122 Å². The minimum absolute atomic E-state index is 0.0785. The molecule has 0 aliphatic heterocycles. The van der Waals surface area contributed by atoms with Gasteiger partial charge in [-0.25, -0.2) is 8.42 Å². The standard InChI is InChI=1S/C13H17ClN2O3S/c14-20(18,19)10-5-12(15-6-10)13(17)16-7-11(8-1-2-8)9-3-4-9/h5-6,8-9,11,15H,1-4,7H2,(H,16,17). The fourth-order valence-electron chi connectivity index (χ4n) is 2.72. The van der Waals surface area contributed by atoms with Crippen molar-refractivity contribution in [3.63, 3.8) is 0 Å². The minimum Gasteiger partial charge on any atom is -0.356 e. The van der Waals surface area contributed by atoms with Crippen LogP contribution in [-0.4, -0.2) is 25.9 Å². The second-order valence-electron chi connectivity index (χ2n) is 5.74. The molecule has 1 aromatic heterocycles. The summed E-state index contributed by atoms with van der Waals surface area (Å²) in [4.78, 5) is 14.6. The van der Waals surface area contributed by atoms with Gasteiger partial charge in [0.1, 0.15) is 10.6 Å². The molecule has 1 aromatic rings. The third-order valence-corrected chi connectivity index (χ3v) is 5.47. The average Bonchev–Trinajstić information content (AvgIpc) is 3.29. The SMILES string of the molecule is O=C(NCC(C1CC1)C1CC1)c1cc(S(=O)(=O)Cl)c[nH]1. The molecule has 0 spiro atoms. The Kier molecular flexibility index (Phi) is 3.54. The molecule has 5 nitrogen and oxygen atoms in total. The molecule has 110 valence electrons. The van der Waals surface area contributed by atoms with Crippen LogP contribution in [0.15, 0.2) is 17.2 Å².